The fraction of sp³-hybridized carbons (Fsp3) is 0.913. The number of likely N-dealkylation sites (N-methyl/N-ethyl adjacent to an activating group) is 1. The Morgan fingerprint density at radius 2 is 1.19 bits per heavy atom. The van der Waals surface area contributed by atoms with Crippen molar-refractivity contribution in [3.63, 3.8) is 0 Å². The molecule has 4 amide bonds. The lowest BCUT2D eigenvalue weighted by atomic mass is 10.1. The highest BCUT2D eigenvalue weighted by atomic mass is 16.2. The topological polar surface area (TPSA) is 80.0 Å². The lowest BCUT2D eigenvalue weighted by Crippen LogP contribution is -2.43. The Kier molecular flexibility index (Phi) is 13.4. The van der Waals surface area contributed by atoms with Gasteiger partial charge in [-0.25, -0.2) is 9.59 Å². The molecular weight excluding hydrogens is 392 g/mol. The summed E-state index contributed by atoms with van der Waals surface area (Å²) >= 11 is 0. The maximum Gasteiger partial charge on any atom is 0.317 e. The van der Waals surface area contributed by atoms with Gasteiger partial charge in [0.05, 0.1) is 0 Å². The van der Waals surface area contributed by atoms with E-state index in [9.17, 15) is 9.59 Å². The molecule has 0 bridgehead atoms. The van der Waals surface area contributed by atoms with Crippen LogP contribution in [0.2, 0.25) is 0 Å². The maximum atomic E-state index is 12.2. The maximum absolute atomic E-state index is 12.2. The largest absolute Gasteiger partial charge is 0.338 e. The number of carbonyl (C=O) groups is 2. The van der Waals surface area contributed by atoms with Crippen LogP contribution in [0.3, 0.4) is 0 Å². The molecule has 0 unspecified atom stereocenters. The van der Waals surface area contributed by atoms with Gasteiger partial charge in [0.15, 0.2) is 0 Å². The van der Waals surface area contributed by atoms with Crippen LogP contribution in [0, 0.1) is 0 Å². The summed E-state index contributed by atoms with van der Waals surface area (Å²) in [6.07, 6.45) is 11.9. The van der Waals surface area contributed by atoms with Crippen LogP contribution in [0.15, 0.2) is 0 Å². The van der Waals surface area contributed by atoms with Crippen LogP contribution in [-0.4, -0.2) is 99.3 Å². The molecule has 0 atom stereocenters. The summed E-state index contributed by atoms with van der Waals surface area (Å²) in [6.45, 7) is 9.54. The van der Waals surface area contributed by atoms with E-state index in [0.29, 0.717) is 6.54 Å². The fourth-order valence-electron chi connectivity index (χ4n) is 4.28. The first-order valence-electron chi connectivity index (χ1n) is 12.6. The molecule has 2 aliphatic heterocycles. The summed E-state index contributed by atoms with van der Waals surface area (Å²) in [5, 5.41) is 8.90. The van der Waals surface area contributed by atoms with Crippen LogP contribution in [0.25, 0.3) is 0 Å². The molecule has 0 saturated carbocycles. The molecule has 2 fully saturated rings. The van der Waals surface area contributed by atoms with Gasteiger partial charge >= 0.3 is 12.1 Å². The first kappa shape index (κ1) is 25.7. The normalized spacial score (nSPS) is 17.8. The Labute approximate surface area is 189 Å². The van der Waals surface area contributed by atoms with Gasteiger partial charge in [-0.15, -0.1) is 0 Å². The highest BCUT2D eigenvalue weighted by molar-refractivity contribution is 5.74. The summed E-state index contributed by atoms with van der Waals surface area (Å²) in [6, 6.07) is -0.0308. The molecule has 2 rings (SSSR count). The van der Waals surface area contributed by atoms with E-state index in [1.54, 1.807) is 4.90 Å². The van der Waals surface area contributed by atoms with Crippen molar-refractivity contribution >= 4 is 12.1 Å². The van der Waals surface area contributed by atoms with Crippen LogP contribution < -0.4 is 16.0 Å². The molecule has 0 aromatic heterocycles. The molecule has 0 aromatic carbocycles. The molecule has 3 N–H and O–H groups in total. The Morgan fingerprint density at radius 1 is 0.677 bits per heavy atom. The molecule has 2 saturated heterocycles. The minimum absolute atomic E-state index is 0.0277. The average Bonchev–Trinajstić information content (AvgIpc) is 2.80. The van der Waals surface area contributed by atoms with Crippen LogP contribution in [0.5, 0.6) is 0 Å². The number of unbranched alkanes of at least 4 members (excludes halogenated alkanes) is 3. The minimum Gasteiger partial charge on any atom is -0.338 e. The van der Waals surface area contributed by atoms with Gasteiger partial charge in [0.25, 0.3) is 0 Å². The van der Waals surface area contributed by atoms with E-state index < -0.39 is 0 Å². The van der Waals surface area contributed by atoms with Crippen molar-refractivity contribution in [2.75, 3.05) is 72.5 Å². The van der Waals surface area contributed by atoms with Crippen molar-refractivity contribution in [1.29, 1.82) is 0 Å². The number of likely N-dealkylation sites (tertiary alicyclic amines) is 2. The number of hydrogen-bond donors (Lipinski definition) is 3. The number of carbonyl (C=O) groups excluding carboxylic acids is 2. The van der Waals surface area contributed by atoms with Crippen LogP contribution in [0.4, 0.5) is 9.59 Å². The molecular formula is C23H46N6O2. The Bertz CT molecular complexity index is 492. The van der Waals surface area contributed by atoms with Gasteiger partial charge in [-0.1, -0.05) is 25.7 Å². The van der Waals surface area contributed by atoms with E-state index in [-0.39, 0.29) is 12.1 Å². The molecule has 8 heteroatoms. The number of amides is 4. The third-order valence-electron chi connectivity index (χ3n) is 6.37. The first-order valence-corrected chi connectivity index (χ1v) is 12.6. The molecule has 2 heterocycles. The van der Waals surface area contributed by atoms with E-state index in [4.69, 9.17) is 0 Å². The highest BCUT2D eigenvalue weighted by Gasteiger charge is 2.13. The van der Waals surface area contributed by atoms with Gasteiger partial charge in [-0.05, 0) is 64.7 Å². The number of urea groups is 2. The second kappa shape index (κ2) is 16.1. The Hall–Kier alpha value is -1.54. The zero-order chi connectivity index (χ0) is 22.2. The van der Waals surface area contributed by atoms with E-state index in [1.807, 2.05) is 7.05 Å². The molecule has 180 valence electrons. The monoisotopic (exact) mass is 438 g/mol. The van der Waals surface area contributed by atoms with E-state index in [0.717, 1.165) is 58.4 Å². The molecule has 2 aliphatic rings. The summed E-state index contributed by atoms with van der Waals surface area (Å²) in [5.41, 5.74) is 0. The molecule has 31 heavy (non-hydrogen) atoms. The van der Waals surface area contributed by atoms with Crippen LogP contribution in [-0.2, 0) is 0 Å². The predicted octanol–water partition coefficient (Wildman–Crippen LogP) is 2.46. The molecule has 8 nitrogen and oxygen atoms in total. The number of rotatable bonds is 13. The summed E-state index contributed by atoms with van der Waals surface area (Å²) in [4.78, 5) is 30.6. The first-order chi connectivity index (χ1) is 15.1. The van der Waals surface area contributed by atoms with Gasteiger partial charge in [0, 0.05) is 46.3 Å². The van der Waals surface area contributed by atoms with Gasteiger partial charge in [0.2, 0.25) is 0 Å². The SMILES string of the molecule is CN(CCN1CCCCC1)C(=O)NCCCCCCNC(=O)NCCN1CCCCC1. The quantitative estimate of drug-likeness (QED) is 0.386. The van der Waals surface area contributed by atoms with Crippen molar-refractivity contribution in [3.05, 3.63) is 0 Å². The van der Waals surface area contributed by atoms with Crippen LogP contribution >= 0.6 is 0 Å². The lowest BCUT2D eigenvalue weighted by molar-refractivity contribution is 0.183. The molecule has 0 radical (unpaired) electrons. The van der Waals surface area contributed by atoms with Gasteiger partial charge in [-0.3, -0.25) is 0 Å². The van der Waals surface area contributed by atoms with E-state index >= 15 is 0 Å². The molecule has 0 aromatic rings. The third kappa shape index (κ3) is 12.2. The van der Waals surface area contributed by atoms with Crippen molar-refractivity contribution in [2.45, 2.75) is 64.2 Å². The standard InChI is InChI=1S/C23H46N6O2/c1-27(20-21-29-17-10-5-11-18-29)23(31)26-13-7-3-2-6-12-24-22(30)25-14-19-28-15-8-4-9-16-28/h2-21H2,1H3,(H,26,31)(H2,24,25,30). The Morgan fingerprint density at radius 3 is 1.81 bits per heavy atom. The van der Waals surface area contributed by atoms with Gasteiger partial charge in [-0.2, -0.15) is 0 Å². The Balaban J connectivity index is 1.35. The van der Waals surface area contributed by atoms with E-state index in [2.05, 4.69) is 25.8 Å². The summed E-state index contributed by atoms with van der Waals surface area (Å²) in [5.74, 6) is 0. The number of nitrogens with zero attached hydrogens (tertiary/aromatic N) is 3. The van der Waals surface area contributed by atoms with Crippen molar-refractivity contribution < 1.29 is 9.59 Å². The van der Waals surface area contributed by atoms with Gasteiger partial charge < -0.3 is 30.7 Å². The van der Waals surface area contributed by atoms with E-state index in [1.165, 1.54) is 64.7 Å². The average molecular weight is 439 g/mol. The fourth-order valence-corrected chi connectivity index (χ4v) is 4.28. The zero-order valence-corrected chi connectivity index (χ0v) is 19.8. The number of hydrogen-bond acceptors (Lipinski definition) is 4. The van der Waals surface area contributed by atoms with Crippen molar-refractivity contribution in [3.8, 4) is 0 Å². The molecule has 0 aliphatic carbocycles. The van der Waals surface area contributed by atoms with Crippen LogP contribution in [0.1, 0.15) is 64.2 Å². The lowest BCUT2D eigenvalue weighted by Gasteiger charge is -2.28. The smallest absolute Gasteiger partial charge is 0.317 e. The molecule has 0 spiro atoms. The zero-order valence-electron chi connectivity index (χ0n) is 19.8. The second-order valence-corrected chi connectivity index (χ2v) is 9.05. The number of nitrogens with one attached hydrogen (secondary N) is 3. The van der Waals surface area contributed by atoms with Crippen molar-refractivity contribution in [1.82, 2.24) is 30.7 Å². The number of piperidine rings is 2. The second-order valence-electron chi connectivity index (χ2n) is 9.05. The van der Waals surface area contributed by atoms with Gasteiger partial charge in [0.1, 0.15) is 0 Å². The minimum atomic E-state index is -0.0585. The summed E-state index contributed by atoms with van der Waals surface area (Å²) in [7, 11) is 1.88. The summed E-state index contributed by atoms with van der Waals surface area (Å²) < 4.78 is 0. The predicted molar refractivity (Wildman–Crippen MR) is 126 cm³/mol. The third-order valence-corrected chi connectivity index (χ3v) is 6.37. The highest BCUT2D eigenvalue weighted by Crippen LogP contribution is 2.08. The van der Waals surface area contributed by atoms with Crippen molar-refractivity contribution in [2.24, 2.45) is 0 Å².